The van der Waals surface area contributed by atoms with Crippen molar-refractivity contribution in [1.29, 1.82) is 0 Å². The summed E-state index contributed by atoms with van der Waals surface area (Å²) in [5, 5.41) is 0. The van der Waals surface area contributed by atoms with E-state index in [1.54, 1.807) is 0 Å². The van der Waals surface area contributed by atoms with Gasteiger partial charge in [0.25, 0.3) is 0 Å². The van der Waals surface area contributed by atoms with E-state index in [9.17, 15) is 91.8 Å². The second-order valence-electron chi connectivity index (χ2n) is 34.0. The zero-order chi connectivity index (χ0) is 81.6. The quantitative estimate of drug-likeness (QED) is 0.0355. The standard InChI is InChI=1S/C19H28F2O4.C18H26F2O4.C15H22F2O4.C14H20F2O4.C14H22F2O4/c1-3-4-5-19(25-16(22)11-24-17(23)18(2,20)21)14-7-12-6-13(9-14)10-15(19)8-12;1-3-4-18(24-15(21)10-23-16(22)17(2,19)20)13-6-11-5-12(8-13)9-14(18)7-11;1-3-6-15(8-10-4-5-11(15)7-10)21-12(18)9-20-13(19)14(2,16)17;1-3-14(7-9-4-5-10(14)6-9)20-11(17)8-19-12(18)13(2,15)16;1-3-4-7-14(8-5-6-9-14)20-11(17)10-19-12(18)13(2,15)16/h12-15H,3-11H2,1-2H3;11-14H,3-10H2,1-2H3;10-11H,3-9H2,1-2H3;9-10H,3-8H2,1-2H3;3-10H2,1-2H3. The summed E-state index contributed by atoms with van der Waals surface area (Å²) >= 11 is 0. The first-order valence-corrected chi connectivity index (χ1v) is 40.2. The number of hydrogen-bond donors (Lipinski definition) is 0. The highest BCUT2D eigenvalue weighted by Crippen LogP contribution is 2.63. The number of hydrogen-bond acceptors (Lipinski definition) is 20. The number of esters is 10. The average molecular weight is 1590 g/mol. The van der Waals surface area contributed by atoms with Crippen molar-refractivity contribution in [1.82, 2.24) is 0 Å². The van der Waals surface area contributed by atoms with Gasteiger partial charge in [-0.25, -0.2) is 47.9 Å². The van der Waals surface area contributed by atoms with Crippen molar-refractivity contribution in [2.24, 2.45) is 71.0 Å². The van der Waals surface area contributed by atoms with Gasteiger partial charge >= 0.3 is 89.3 Å². The smallest absolute Gasteiger partial charge is 0.377 e. The predicted octanol–water partition coefficient (Wildman–Crippen LogP) is 16.9. The van der Waals surface area contributed by atoms with E-state index in [1.807, 2.05) is 13.8 Å². The van der Waals surface area contributed by atoms with Crippen LogP contribution in [0, 0.1) is 71.0 Å². The number of unbranched alkanes of at least 4 members (excludes halogenated alkanes) is 2. The first-order chi connectivity index (χ1) is 51.3. The van der Waals surface area contributed by atoms with E-state index in [1.165, 1.54) is 25.7 Å². The Morgan fingerprint density at radius 2 is 0.591 bits per heavy atom. The third kappa shape index (κ3) is 24.1. The molecule has 6 unspecified atom stereocenters. The van der Waals surface area contributed by atoms with Gasteiger partial charge in [-0.05, 0) is 257 Å². The van der Waals surface area contributed by atoms with Crippen LogP contribution in [0.3, 0.4) is 0 Å². The molecule has 6 atom stereocenters. The minimum absolute atomic E-state index is 0.352. The third-order valence-electron chi connectivity index (χ3n) is 25.2. The predicted molar refractivity (Wildman–Crippen MR) is 375 cm³/mol. The van der Waals surface area contributed by atoms with E-state index >= 15 is 0 Å². The third-order valence-corrected chi connectivity index (χ3v) is 25.2. The number of carbonyl (C=O) groups excluding carboxylic acids is 10. The molecule has 13 aliphatic rings. The molecule has 0 heterocycles. The monoisotopic (exact) mass is 1590 g/mol. The molecule has 628 valence electrons. The second kappa shape index (κ2) is 38.0. The fourth-order valence-corrected chi connectivity index (χ4v) is 20.8. The summed E-state index contributed by atoms with van der Waals surface area (Å²) in [6.45, 7) is 8.72. The summed E-state index contributed by atoms with van der Waals surface area (Å²) in [5.74, 6) is -23.7. The molecule has 0 radical (unpaired) electrons. The van der Waals surface area contributed by atoms with Crippen molar-refractivity contribution < 1.29 is 139 Å². The van der Waals surface area contributed by atoms with E-state index in [0.717, 1.165) is 203 Å². The van der Waals surface area contributed by atoms with Crippen LogP contribution in [0.4, 0.5) is 43.9 Å². The van der Waals surface area contributed by atoms with E-state index in [2.05, 4.69) is 44.5 Å². The van der Waals surface area contributed by atoms with Gasteiger partial charge in [0.15, 0.2) is 33.0 Å². The highest BCUT2D eigenvalue weighted by molar-refractivity contribution is 5.83. The molecule has 0 aromatic rings. The lowest BCUT2D eigenvalue weighted by molar-refractivity contribution is -0.217. The highest BCUT2D eigenvalue weighted by atomic mass is 19.3. The number of carbonyl (C=O) groups is 10. The Kier molecular flexibility index (Phi) is 31.5. The van der Waals surface area contributed by atoms with Crippen LogP contribution < -0.4 is 0 Å². The molecule has 110 heavy (non-hydrogen) atoms. The second-order valence-corrected chi connectivity index (χ2v) is 34.0. The molecule has 0 amide bonds. The molecule has 30 heteroatoms. The van der Waals surface area contributed by atoms with Crippen LogP contribution in [0.15, 0.2) is 0 Å². The van der Waals surface area contributed by atoms with Crippen molar-refractivity contribution in [2.75, 3.05) is 33.0 Å². The molecule has 13 fully saturated rings. The van der Waals surface area contributed by atoms with Crippen molar-refractivity contribution in [2.45, 2.75) is 339 Å². The Morgan fingerprint density at radius 1 is 0.309 bits per heavy atom. The minimum atomic E-state index is -3.59. The minimum Gasteiger partial charge on any atom is -0.457 e. The fourth-order valence-electron chi connectivity index (χ4n) is 20.8. The molecular weight excluding hydrogens is 1470 g/mol. The van der Waals surface area contributed by atoms with Gasteiger partial charge in [-0.2, -0.15) is 43.9 Å². The number of ether oxygens (including phenoxy) is 10. The molecule has 20 nitrogen and oxygen atoms in total. The summed E-state index contributed by atoms with van der Waals surface area (Å²) in [7, 11) is 0. The maximum Gasteiger partial charge on any atom is 0.377 e. The maximum absolute atomic E-state index is 12.9. The maximum atomic E-state index is 12.9. The largest absolute Gasteiger partial charge is 0.457 e. The summed E-state index contributed by atoms with van der Waals surface area (Å²) in [6, 6.07) is 0. The number of alkyl halides is 10. The normalized spacial score (nSPS) is 31.5. The molecule has 13 rings (SSSR count). The van der Waals surface area contributed by atoms with Crippen molar-refractivity contribution in [3.63, 3.8) is 0 Å². The van der Waals surface area contributed by atoms with Gasteiger partial charge in [-0.15, -0.1) is 0 Å². The zero-order valence-electron chi connectivity index (χ0n) is 65.7. The Bertz CT molecular complexity index is 3090. The van der Waals surface area contributed by atoms with Gasteiger partial charge in [0.05, 0.1) is 0 Å². The zero-order valence-corrected chi connectivity index (χ0v) is 65.7. The molecule has 0 aromatic heterocycles. The van der Waals surface area contributed by atoms with Gasteiger partial charge in [0, 0.05) is 34.6 Å². The lowest BCUT2D eigenvalue weighted by Gasteiger charge is -2.60. The van der Waals surface area contributed by atoms with E-state index in [0.29, 0.717) is 88.4 Å². The fraction of sp³-hybridized carbons (Fsp3) is 0.875. The summed E-state index contributed by atoms with van der Waals surface area (Å²) in [5.41, 5.74) is -2.42. The van der Waals surface area contributed by atoms with Crippen molar-refractivity contribution in [3.05, 3.63) is 0 Å². The highest BCUT2D eigenvalue weighted by Gasteiger charge is 2.62. The molecule has 0 N–H and O–H groups in total. The number of rotatable bonds is 31. The lowest BCUT2D eigenvalue weighted by Crippen LogP contribution is -2.60. The molecule has 0 spiro atoms. The van der Waals surface area contributed by atoms with E-state index in [4.69, 9.17) is 23.7 Å². The van der Waals surface area contributed by atoms with Crippen LogP contribution in [0.5, 0.6) is 0 Å². The van der Waals surface area contributed by atoms with E-state index < -0.39 is 150 Å². The Morgan fingerprint density at radius 3 is 0.873 bits per heavy atom. The van der Waals surface area contributed by atoms with Crippen LogP contribution in [-0.2, 0) is 95.3 Å². The van der Waals surface area contributed by atoms with Gasteiger partial charge in [0.1, 0.15) is 28.0 Å². The SMILES string of the molecule is CCC1(OC(=O)COC(=O)C(C)(F)F)CC2CCC1C2.CCCC1(OC(=O)COC(=O)C(C)(F)F)C2CC3CC(C2)CC1C3.CCCC1(OC(=O)COC(=O)C(C)(F)F)CC2CCC1C2.CCCCC1(OC(=O)COC(=O)C(C)(F)F)C2CC3CC(C2)CC1C3.CCCCC1(OC(=O)COC(=O)C(C)(F)F)CCCC1. The van der Waals surface area contributed by atoms with Crippen LogP contribution in [0.2, 0.25) is 0 Å². The first-order valence-electron chi connectivity index (χ1n) is 40.2. The van der Waals surface area contributed by atoms with Crippen LogP contribution in [0.25, 0.3) is 0 Å². The average Bonchev–Trinajstić information content (AvgIpc) is 1.72. The Hall–Kier alpha value is -6.00. The van der Waals surface area contributed by atoms with Gasteiger partial charge in [-0.1, -0.05) is 60.3 Å². The summed E-state index contributed by atoms with van der Waals surface area (Å²) in [6.07, 6.45) is 32.7. The molecule has 0 aliphatic heterocycles. The summed E-state index contributed by atoms with van der Waals surface area (Å²) < 4.78 is 177. The van der Waals surface area contributed by atoms with Crippen LogP contribution >= 0.6 is 0 Å². The molecule has 13 saturated carbocycles. The topological polar surface area (TPSA) is 263 Å². The van der Waals surface area contributed by atoms with Crippen molar-refractivity contribution in [3.8, 4) is 0 Å². The number of fused-ring (bicyclic) bond motifs is 4. The van der Waals surface area contributed by atoms with Crippen LogP contribution in [-0.4, -0.2) is 150 Å². The molecule has 0 aromatic carbocycles. The van der Waals surface area contributed by atoms with Gasteiger partial charge in [0.2, 0.25) is 0 Å². The lowest BCUT2D eigenvalue weighted by atomic mass is 9.49. The van der Waals surface area contributed by atoms with Gasteiger partial charge in [-0.3, -0.25) is 0 Å². The molecule has 13 aliphatic carbocycles. The van der Waals surface area contributed by atoms with Crippen molar-refractivity contribution >= 4 is 59.7 Å². The van der Waals surface area contributed by atoms with E-state index in [-0.39, 0.29) is 0 Å². The number of halogens is 10. The molecule has 12 bridgehead atoms. The first kappa shape index (κ1) is 91.2. The van der Waals surface area contributed by atoms with Gasteiger partial charge < -0.3 is 47.4 Å². The van der Waals surface area contributed by atoms with Crippen LogP contribution in [0.1, 0.15) is 281 Å². The molecular formula is C80H118F10O20. The Balaban J connectivity index is 0.000000192. The molecule has 0 saturated heterocycles. The summed E-state index contributed by atoms with van der Waals surface area (Å²) in [4.78, 5) is 115. The Labute approximate surface area is 639 Å².